The number of benzene rings is 2. The Hall–Kier alpha value is -5.49. The van der Waals surface area contributed by atoms with Crippen LogP contribution in [0.3, 0.4) is 0 Å². The van der Waals surface area contributed by atoms with E-state index in [1.165, 1.54) is 41.1 Å². The molecule has 4 N–H and O–H groups in total. The fraction of sp³-hybridized carbons (Fsp3) is 0.167. The summed E-state index contributed by atoms with van der Waals surface area (Å²) in [6, 6.07) is 15.0. The van der Waals surface area contributed by atoms with Crippen LogP contribution in [-0.4, -0.2) is 69.5 Å². The lowest BCUT2D eigenvalue weighted by Gasteiger charge is -2.16. The van der Waals surface area contributed by atoms with Crippen LogP contribution < -0.4 is 5.69 Å². The molecule has 2 aromatic carbocycles. The Bertz CT molecular complexity index is 1930. The summed E-state index contributed by atoms with van der Waals surface area (Å²) in [5, 5.41) is 39.4. The molecule has 12 nitrogen and oxygen atoms in total. The van der Waals surface area contributed by atoms with E-state index in [0.29, 0.717) is 59.7 Å². The maximum Gasteiger partial charge on any atom is 0.339 e. The van der Waals surface area contributed by atoms with Gasteiger partial charge in [-0.25, -0.2) is 19.4 Å². The van der Waals surface area contributed by atoms with Crippen molar-refractivity contribution in [3.63, 3.8) is 0 Å². The van der Waals surface area contributed by atoms with E-state index >= 15 is 0 Å². The molecule has 1 aliphatic rings. The van der Waals surface area contributed by atoms with E-state index < -0.39 is 11.9 Å². The monoisotopic (exact) mass is 567 g/mol. The second-order valence-corrected chi connectivity index (χ2v) is 10.1. The Kier molecular flexibility index (Phi) is 6.67. The van der Waals surface area contributed by atoms with Gasteiger partial charge in [0.15, 0.2) is 5.65 Å². The largest absolute Gasteiger partial charge is 0.507 e. The zero-order valence-electron chi connectivity index (χ0n) is 22.1. The first-order valence-electron chi connectivity index (χ1n) is 13.1. The Labute approximate surface area is 238 Å². The summed E-state index contributed by atoms with van der Waals surface area (Å²) in [5.74, 6) is -2.87. The zero-order valence-corrected chi connectivity index (χ0v) is 22.1. The van der Waals surface area contributed by atoms with Gasteiger partial charge in [-0.3, -0.25) is 19.0 Å². The first-order valence-corrected chi connectivity index (χ1v) is 13.1. The number of nitrogens with zero attached hydrogens (tertiary/aromatic N) is 5. The second-order valence-electron chi connectivity index (χ2n) is 10.1. The number of imidazole rings is 1. The summed E-state index contributed by atoms with van der Waals surface area (Å²) in [6.07, 6.45) is 3.76. The number of rotatable bonds is 7. The fourth-order valence-corrected chi connectivity index (χ4v) is 5.50. The number of pyridine rings is 2. The Morgan fingerprint density at radius 3 is 2.50 bits per heavy atom. The summed E-state index contributed by atoms with van der Waals surface area (Å²) in [6.45, 7) is 1.65. The summed E-state index contributed by atoms with van der Waals surface area (Å²) in [4.78, 5) is 47.6. The molecule has 212 valence electrons. The molecule has 0 spiro atoms. The van der Waals surface area contributed by atoms with Crippen molar-refractivity contribution in [1.29, 1.82) is 0 Å². The van der Waals surface area contributed by atoms with Gasteiger partial charge in [0.05, 0.1) is 28.5 Å². The molecule has 0 aliphatic carbocycles. The Morgan fingerprint density at radius 2 is 1.74 bits per heavy atom. The minimum Gasteiger partial charge on any atom is -0.507 e. The van der Waals surface area contributed by atoms with Gasteiger partial charge in [0.25, 0.3) is 0 Å². The molecule has 0 unspecified atom stereocenters. The van der Waals surface area contributed by atoms with Gasteiger partial charge in [0.2, 0.25) is 0 Å². The predicted molar refractivity (Wildman–Crippen MR) is 151 cm³/mol. The molecule has 6 rings (SSSR count). The van der Waals surface area contributed by atoms with E-state index in [2.05, 4.69) is 14.9 Å². The first kappa shape index (κ1) is 26.7. The minimum absolute atomic E-state index is 0.168. The molecule has 3 aromatic heterocycles. The van der Waals surface area contributed by atoms with Crippen molar-refractivity contribution in [2.24, 2.45) is 0 Å². The summed E-state index contributed by atoms with van der Waals surface area (Å²) < 4.78 is 3.13. The first-order chi connectivity index (χ1) is 20.2. The number of phenols is 2. The number of aromatic nitrogens is 4. The fourth-order valence-electron chi connectivity index (χ4n) is 5.50. The Balaban J connectivity index is 1.33. The van der Waals surface area contributed by atoms with Crippen LogP contribution in [0.2, 0.25) is 0 Å². The standard InChI is InChI=1S/C30H25N5O7/c36-25-6-3-17(13-23(25)29(40)41)22-5-4-20(14-26(22)37)34-24-2-1-9-32-27(24)35(30(34)42)21-8-11-33(16-21)15-19-12-18(28(38)39)7-10-31-19/h1-7,9-10,12-14,21,36-37H,8,11,15-16H2,(H,38,39)(H,40,41)/t21-/m0/s1. The maximum atomic E-state index is 13.9. The van der Waals surface area contributed by atoms with E-state index in [1.807, 2.05) is 0 Å². The predicted octanol–water partition coefficient (Wildman–Crippen LogP) is 3.50. The van der Waals surface area contributed by atoms with Crippen molar-refractivity contribution in [2.75, 3.05) is 13.1 Å². The van der Waals surface area contributed by atoms with Gasteiger partial charge in [-0.1, -0.05) is 6.07 Å². The van der Waals surface area contributed by atoms with Gasteiger partial charge in [-0.2, -0.15) is 0 Å². The third-order valence-electron chi connectivity index (χ3n) is 7.47. The average Bonchev–Trinajstić information content (AvgIpc) is 3.54. The number of carboxylic acid groups (broad SMARTS) is 2. The minimum atomic E-state index is -1.30. The van der Waals surface area contributed by atoms with Crippen molar-refractivity contribution in [1.82, 2.24) is 24.0 Å². The van der Waals surface area contributed by atoms with Crippen LogP contribution in [0.1, 0.15) is 38.9 Å². The third kappa shape index (κ3) is 4.73. The zero-order chi connectivity index (χ0) is 29.5. The second kappa shape index (κ2) is 10.5. The number of carbonyl (C=O) groups is 2. The number of hydrogen-bond acceptors (Lipinski definition) is 8. The highest BCUT2D eigenvalue weighted by atomic mass is 16.4. The molecule has 1 saturated heterocycles. The highest BCUT2D eigenvalue weighted by Gasteiger charge is 2.29. The lowest BCUT2D eigenvalue weighted by molar-refractivity contribution is 0.0684. The van der Waals surface area contributed by atoms with Crippen LogP contribution in [0.5, 0.6) is 11.5 Å². The summed E-state index contributed by atoms with van der Waals surface area (Å²) >= 11 is 0. The maximum absolute atomic E-state index is 13.9. The SMILES string of the molecule is O=C(O)c1ccnc(CN2CC[C@H](n3c(=O)n(-c4ccc(-c5ccc(O)c(C(=O)O)c5)c(O)c4)c4cccnc43)C2)c1. The number of phenolic OH excluding ortho intramolecular Hbond substituents is 1. The number of hydrogen-bond donors (Lipinski definition) is 4. The van der Waals surface area contributed by atoms with E-state index in [0.717, 1.165) is 0 Å². The van der Waals surface area contributed by atoms with Gasteiger partial charge in [0.1, 0.15) is 17.1 Å². The van der Waals surface area contributed by atoms with E-state index in [1.54, 1.807) is 41.1 Å². The summed E-state index contributed by atoms with van der Waals surface area (Å²) in [7, 11) is 0. The molecule has 0 amide bonds. The molecule has 12 heteroatoms. The molecule has 42 heavy (non-hydrogen) atoms. The molecule has 1 fully saturated rings. The Morgan fingerprint density at radius 1 is 0.905 bits per heavy atom. The van der Waals surface area contributed by atoms with Crippen molar-refractivity contribution >= 4 is 23.1 Å². The van der Waals surface area contributed by atoms with Crippen LogP contribution in [0.15, 0.2) is 77.9 Å². The van der Waals surface area contributed by atoms with Gasteiger partial charge in [0, 0.05) is 43.7 Å². The molecule has 1 atom stereocenters. The van der Waals surface area contributed by atoms with E-state index in [-0.39, 0.29) is 34.4 Å². The smallest absolute Gasteiger partial charge is 0.339 e. The van der Waals surface area contributed by atoms with Gasteiger partial charge >= 0.3 is 17.6 Å². The molecule has 4 heterocycles. The number of carboxylic acids is 2. The quantitative estimate of drug-likeness (QED) is 0.228. The van der Waals surface area contributed by atoms with Crippen molar-refractivity contribution in [3.8, 4) is 28.3 Å². The molecular weight excluding hydrogens is 542 g/mol. The molecule has 1 aliphatic heterocycles. The van der Waals surface area contributed by atoms with Gasteiger partial charge < -0.3 is 20.4 Å². The normalized spacial score (nSPS) is 15.3. The van der Waals surface area contributed by atoms with Crippen molar-refractivity contribution in [3.05, 3.63) is 100 Å². The van der Waals surface area contributed by atoms with Crippen LogP contribution in [0.4, 0.5) is 0 Å². The highest BCUT2D eigenvalue weighted by Crippen LogP contribution is 2.34. The van der Waals surface area contributed by atoms with Crippen LogP contribution >= 0.6 is 0 Å². The van der Waals surface area contributed by atoms with Crippen LogP contribution in [-0.2, 0) is 6.54 Å². The highest BCUT2D eigenvalue weighted by molar-refractivity contribution is 5.93. The van der Waals surface area contributed by atoms with Gasteiger partial charge in [-0.05, 0) is 60.5 Å². The molecule has 0 saturated carbocycles. The number of aromatic hydroxyl groups is 2. The van der Waals surface area contributed by atoms with Crippen LogP contribution in [0.25, 0.3) is 28.0 Å². The molecule has 0 bridgehead atoms. The topological polar surface area (TPSA) is 171 Å². The van der Waals surface area contributed by atoms with Gasteiger partial charge in [-0.15, -0.1) is 0 Å². The lowest BCUT2D eigenvalue weighted by Crippen LogP contribution is -2.29. The lowest BCUT2D eigenvalue weighted by atomic mass is 10.0. The number of fused-ring (bicyclic) bond motifs is 1. The average molecular weight is 568 g/mol. The number of likely N-dealkylation sites (tertiary alicyclic amines) is 1. The molecule has 0 radical (unpaired) electrons. The van der Waals surface area contributed by atoms with Crippen LogP contribution in [0, 0.1) is 0 Å². The molecular formula is C30H25N5O7. The number of aromatic carboxylic acids is 2. The van der Waals surface area contributed by atoms with Crippen molar-refractivity contribution < 1.29 is 30.0 Å². The van der Waals surface area contributed by atoms with Crippen molar-refractivity contribution in [2.45, 2.75) is 19.0 Å². The van der Waals surface area contributed by atoms with E-state index in [9.17, 15) is 34.8 Å². The van der Waals surface area contributed by atoms with E-state index in [4.69, 9.17) is 0 Å². The summed E-state index contributed by atoms with van der Waals surface area (Å²) in [5.41, 5.74) is 2.35. The molecule has 5 aromatic rings. The third-order valence-corrected chi connectivity index (χ3v) is 7.47.